The first-order chi connectivity index (χ1) is 9.24. The molecule has 0 heteroatoms. The van der Waals surface area contributed by atoms with Gasteiger partial charge >= 0.3 is 0 Å². The largest absolute Gasteiger partial charge is 0.0984 e. The summed E-state index contributed by atoms with van der Waals surface area (Å²) >= 11 is 0. The minimum absolute atomic E-state index is 0.498. The SMILES string of the molecule is C=CC1=C(/C=C\C)C(CC)C(/C=C\CC)=C1/C=C\C. The van der Waals surface area contributed by atoms with E-state index >= 15 is 0 Å². The molecule has 0 aromatic heterocycles. The van der Waals surface area contributed by atoms with Gasteiger partial charge in [-0.3, -0.25) is 0 Å². The predicted octanol–water partition coefficient (Wildman–Crippen LogP) is 5.92. The van der Waals surface area contributed by atoms with Crippen LogP contribution in [0.4, 0.5) is 0 Å². The zero-order valence-electron chi connectivity index (χ0n) is 12.7. The van der Waals surface area contributed by atoms with Gasteiger partial charge in [-0.25, -0.2) is 0 Å². The monoisotopic (exact) mass is 254 g/mol. The van der Waals surface area contributed by atoms with Gasteiger partial charge in [0.1, 0.15) is 0 Å². The molecule has 0 heterocycles. The van der Waals surface area contributed by atoms with Crippen LogP contribution in [0.1, 0.15) is 40.5 Å². The molecule has 0 spiro atoms. The van der Waals surface area contributed by atoms with E-state index in [4.69, 9.17) is 0 Å². The molecule has 19 heavy (non-hydrogen) atoms. The third kappa shape index (κ3) is 3.26. The molecule has 0 amide bonds. The quantitative estimate of drug-likeness (QED) is 0.551. The Bertz CT molecular complexity index is 464. The summed E-state index contributed by atoms with van der Waals surface area (Å²) in [5, 5.41) is 0. The van der Waals surface area contributed by atoms with Crippen molar-refractivity contribution in [2.24, 2.45) is 5.92 Å². The van der Waals surface area contributed by atoms with Gasteiger partial charge in [-0.2, -0.15) is 0 Å². The average molecular weight is 254 g/mol. The van der Waals surface area contributed by atoms with Crippen LogP contribution < -0.4 is 0 Å². The van der Waals surface area contributed by atoms with E-state index < -0.39 is 0 Å². The molecular weight excluding hydrogens is 228 g/mol. The molecule has 0 nitrogen and oxygen atoms in total. The van der Waals surface area contributed by atoms with Gasteiger partial charge < -0.3 is 0 Å². The lowest BCUT2D eigenvalue weighted by molar-refractivity contribution is 0.724. The fourth-order valence-electron chi connectivity index (χ4n) is 2.71. The smallest absolute Gasteiger partial charge is 0.00987 e. The van der Waals surface area contributed by atoms with Crippen LogP contribution in [0.15, 0.2) is 71.4 Å². The highest BCUT2D eigenvalue weighted by Gasteiger charge is 2.26. The van der Waals surface area contributed by atoms with E-state index in [0.29, 0.717) is 5.92 Å². The van der Waals surface area contributed by atoms with Gasteiger partial charge in [0.2, 0.25) is 0 Å². The maximum Gasteiger partial charge on any atom is 0.00987 e. The zero-order chi connectivity index (χ0) is 14.3. The topological polar surface area (TPSA) is 0 Å². The summed E-state index contributed by atoms with van der Waals surface area (Å²) in [4.78, 5) is 0. The van der Waals surface area contributed by atoms with Crippen molar-refractivity contribution >= 4 is 0 Å². The van der Waals surface area contributed by atoms with Gasteiger partial charge in [0.05, 0.1) is 0 Å². The Morgan fingerprint density at radius 3 is 2.05 bits per heavy atom. The Kier molecular flexibility index (Phi) is 6.35. The van der Waals surface area contributed by atoms with Crippen molar-refractivity contribution in [2.75, 3.05) is 0 Å². The molecular formula is C19H26. The van der Waals surface area contributed by atoms with Crippen LogP contribution in [0.5, 0.6) is 0 Å². The van der Waals surface area contributed by atoms with Crippen molar-refractivity contribution in [3.8, 4) is 0 Å². The Morgan fingerprint density at radius 1 is 0.947 bits per heavy atom. The zero-order valence-corrected chi connectivity index (χ0v) is 12.7. The molecule has 102 valence electrons. The summed E-state index contributed by atoms with van der Waals surface area (Å²) in [7, 11) is 0. The van der Waals surface area contributed by atoms with Crippen molar-refractivity contribution in [2.45, 2.75) is 40.5 Å². The summed E-state index contributed by atoms with van der Waals surface area (Å²) in [6.45, 7) is 12.6. The molecule has 0 aromatic rings. The van der Waals surface area contributed by atoms with E-state index in [9.17, 15) is 0 Å². The first kappa shape index (κ1) is 15.5. The van der Waals surface area contributed by atoms with Gasteiger partial charge in [0, 0.05) is 5.92 Å². The summed E-state index contributed by atoms with van der Waals surface area (Å²) in [5.74, 6) is 0.498. The predicted molar refractivity (Wildman–Crippen MR) is 87.1 cm³/mol. The summed E-state index contributed by atoms with van der Waals surface area (Å²) < 4.78 is 0. The highest BCUT2D eigenvalue weighted by molar-refractivity contribution is 5.64. The molecule has 1 aliphatic carbocycles. The van der Waals surface area contributed by atoms with Crippen LogP contribution in [0.3, 0.4) is 0 Å². The van der Waals surface area contributed by atoms with Crippen molar-refractivity contribution < 1.29 is 0 Å². The lowest BCUT2D eigenvalue weighted by atomic mass is 9.91. The lowest BCUT2D eigenvalue weighted by Gasteiger charge is -2.13. The summed E-state index contributed by atoms with van der Waals surface area (Å²) in [6, 6.07) is 0. The van der Waals surface area contributed by atoms with E-state index in [0.717, 1.165) is 12.8 Å². The van der Waals surface area contributed by atoms with E-state index in [-0.39, 0.29) is 0 Å². The van der Waals surface area contributed by atoms with Crippen molar-refractivity contribution in [1.82, 2.24) is 0 Å². The minimum Gasteiger partial charge on any atom is -0.0984 e. The Hall–Kier alpha value is -1.56. The maximum atomic E-state index is 4.01. The Labute approximate surface area is 118 Å². The number of hydrogen-bond acceptors (Lipinski definition) is 0. The fourth-order valence-corrected chi connectivity index (χ4v) is 2.71. The molecule has 1 rings (SSSR count). The molecule has 0 saturated carbocycles. The van der Waals surface area contributed by atoms with Gasteiger partial charge in [-0.15, -0.1) is 0 Å². The maximum absolute atomic E-state index is 4.01. The van der Waals surface area contributed by atoms with Crippen LogP contribution in [0, 0.1) is 5.92 Å². The second kappa shape index (κ2) is 7.78. The minimum atomic E-state index is 0.498. The number of allylic oxidation sites excluding steroid dienone is 11. The highest BCUT2D eigenvalue weighted by Crippen LogP contribution is 2.41. The van der Waals surface area contributed by atoms with Crippen molar-refractivity contribution in [1.29, 1.82) is 0 Å². The molecule has 0 aromatic carbocycles. The molecule has 0 N–H and O–H groups in total. The normalized spacial score (nSPS) is 20.7. The second-order valence-electron chi connectivity index (χ2n) is 4.71. The molecule has 0 fully saturated rings. The van der Waals surface area contributed by atoms with Crippen LogP contribution in [-0.4, -0.2) is 0 Å². The molecule has 0 saturated heterocycles. The van der Waals surface area contributed by atoms with Gasteiger partial charge in [-0.05, 0) is 49.0 Å². The van der Waals surface area contributed by atoms with Gasteiger partial charge in [0.25, 0.3) is 0 Å². The standard InChI is InChI=1S/C19H26/c1-6-11-14-19-16(10-5)17(12-7-2)15(9-4)18(19)13-8-3/h7-9,11-14,16H,4,6,10H2,1-3,5H3/b12-7-,13-8-,14-11-. The lowest BCUT2D eigenvalue weighted by Crippen LogP contribution is -2.00. The molecule has 1 aliphatic rings. The van der Waals surface area contributed by atoms with Gasteiger partial charge in [0.15, 0.2) is 0 Å². The van der Waals surface area contributed by atoms with Crippen LogP contribution >= 0.6 is 0 Å². The summed E-state index contributed by atoms with van der Waals surface area (Å²) in [5.41, 5.74) is 5.47. The molecule has 1 atom stereocenters. The van der Waals surface area contributed by atoms with E-state index in [1.165, 1.54) is 22.3 Å². The Morgan fingerprint density at radius 2 is 1.58 bits per heavy atom. The van der Waals surface area contributed by atoms with Crippen LogP contribution in [0.2, 0.25) is 0 Å². The highest BCUT2D eigenvalue weighted by atomic mass is 14.3. The Balaban J connectivity index is 3.43. The van der Waals surface area contributed by atoms with E-state index in [1.807, 2.05) is 6.08 Å². The van der Waals surface area contributed by atoms with Crippen molar-refractivity contribution in [3.05, 3.63) is 71.4 Å². The second-order valence-corrected chi connectivity index (χ2v) is 4.71. The first-order valence-corrected chi connectivity index (χ1v) is 7.28. The van der Waals surface area contributed by atoms with Crippen LogP contribution in [-0.2, 0) is 0 Å². The summed E-state index contributed by atoms with van der Waals surface area (Å²) in [6.07, 6.45) is 17.4. The first-order valence-electron chi connectivity index (χ1n) is 7.28. The van der Waals surface area contributed by atoms with E-state index in [2.05, 4.69) is 70.7 Å². The molecule has 0 aliphatic heterocycles. The van der Waals surface area contributed by atoms with Crippen molar-refractivity contribution in [3.63, 3.8) is 0 Å². The third-order valence-electron chi connectivity index (χ3n) is 3.49. The average Bonchev–Trinajstić information content (AvgIpc) is 2.70. The number of hydrogen-bond donors (Lipinski definition) is 0. The molecule has 1 unspecified atom stereocenters. The molecule has 0 radical (unpaired) electrons. The van der Waals surface area contributed by atoms with Gasteiger partial charge in [-0.1, -0.05) is 63.0 Å². The number of rotatable bonds is 6. The van der Waals surface area contributed by atoms with Crippen LogP contribution in [0.25, 0.3) is 0 Å². The fraction of sp³-hybridized carbons (Fsp3) is 0.368. The van der Waals surface area contributed by atoms with E-state index in [1.54, 1.807) is 0 Å². The molecule has 0 bridgehead atoms. The third-order valence-corrected chi connectivity index (χ3v) is 3.49.